The van der Waals surface area contributed by atoms with Crippen LogP contribution < -0.4 is 10.5 Å². The van der Waals surface area contributed by atoms with Gasteiger partial charge >= 0.3 is 0 Å². The Bertz CT molecular complexity index is 382. The van der Waals surface area contributed by atoms with Crippen molar-refractivity contribution in [3.05, 3.63) is 40.4 Å². The van der Waals surface area contributed by atoms with Gasteiger partial charge in [-0.15, -0.1) is 19.0 Å². The van der Waals surface area contributed by atoms with E-state index in [2.05, 4.69) is 22.5 Å². The van der Waals surface area contributed by atoms with Crippen LogP contribution in [0.2, 0.25) is 0 Å². The Morgan fingerprint density at radius 2 is 2.18 bits per heavy atom. The van der Waals surface area contributed by atoms with Gasteiger partial charge in [0.1, 0.15) is 5.75 Å². The van der Waals surface area contributed by atoms with Crippen LogP contribution >= 0.6 is 28.3 Å². The van der Waals surface area contributed by atoms with E-state index in [1.807, 2.05) is 32.0 Å². The van der Waals surface area contributed by atoms with E-state index in [1.165, 1.54) is 0 Å². The second kappa shape index (κ2) is 7.75. The van der Waals surface area contributed by atoms with E-state index in [-0.39, 0.29) is 18.4 Å². The van der Waals surface area contributed by atoms with Crippen LogP contribution in [0.15, 0.2) is 34.8 Å². The van der Waals surface area contributed by atoms with Gasteiger partial charge in [0, 0.05) is 16.1 Å². The van der Waals surface area contributed by atoms with Gasteiger partial charge in [0.2, 0.25) is 0 Å². The predicted octanol–water partition coefficient (Wildman–Crippen LogP) is 4.24. The number of halogens is 2. The summed E-state index contributed by atoms with van der Waals surface area (Å²) in [5, 5.41) is 0. The van der Waals surface area contributed by atoms with Crippen molar-refractivity contribution < 1.29 is 4.74 Å². The number of hydrogen-bond donors (Lipinski definition) is 1. The van der Waals surface area contributed by atoms with Crippen molar-refractivity contribution in [1.82, 2.24) is 0 Å². The van der Waals surface area contributed by atoms with E-state index in [1.54, 1.807) is 0 Å². The molecule has 0 bridgehead atoms. The lowest BCUT2D eigenvalue weighted by Crippen LogP contribution is -2.12. The maximum absolute atomic E-state index is 6.13. The third-order valence-electron chi connectivity index (χ3n) is 2.24. The maximum Gasteiger partial charge on any atom is 0.124 e. The van der Waals surface area contributed by atoms with Gasteiger partial charge in [0.05, 0.1) is 6.61 Å². The largest absolute Gasteiger partial charge is 0.494 e. The van der Waals surface area contributed by atoms with Gasteiger partial charge in [-0.2, -0.15) is 0 Å². The van der Waals surface area contributed by atoms with Crippen LogP contribution in [0, 0.1) is 0 Å². The monoisotopic (exact) mass is 319 g/mol. The molecular formula is C13H19BrClNO. The standard InChI is InChI=1S/C13H18BrNO.ClH/c1-4-16-13-6-5-10(14)8-11(13)12(15)7-9(2)3;/h5-6,8,12H,2,4,7,15H2,1,3H3;1H/t12-;/m1./s1. The van der Waals surface area contributed by atoms with Crippen LogP contribution in [0.5, 0.6) is 5.75 Å². The highest BCUT2D eigenvalue weighted by Crippen LogP contribution is 2.30. The molecule has 2 nitrogen and oxygen atoms in total. The molecule has 0 aliphatic rings. The van der Waals surface area contributed by atoms with E-state index in [0.717, 1.165) is 27.8 Å². The molecule has 0 amide bonds. The Morgan fingerprint density at radius 1 is 1.53 bits per heavy atom. The minimum atomic E-state index is -0.0588. The molecule has 0 heterocycles. The zero-order valence-corrected chi connectivity index (χ0v) is 12.6. The third kappa shape index (κ3) is 5.11. The minimum absolute atomic E-state index is 0. The fourth-order valence-electron chi connectivity index (χ4n) is 1.58. The van der Waals surface area contributed by atoms with Crippen molar-refractivity contribution in [3.63, 3.8) is 0 Å². The lowest BCUT2D eigenvalue weighted by Gasteiger charge is -2.17. The molecular weight excluding hydrogens is 302 g/mol. The van der Waals surface area contributed by atoms with Crippen LogP contribution in [0.25, 0.3) is 0 Å². The summed E-state index contributed by atoms with van der Waals surface area (Å²) in [6, 6.07) is 5.86. The average Bonchev–Trinajstić information content (AvgIpc) is 2.20. The molecule has 0 saturated heterocycles. The highest BCUT2D eigenvalue weighted by Gasteiger charge is 2.12. The van der Waals surface area contributed by atoms with Gasteiger partial charge in [-0.05, 0) is 38.5 Å². The second-order valence-corrected chi connectivity index (χ2v) is 4.80. The molecule has 0 saturated carbocycles. The molecule has 1 rings (SSSR count). The van der Waals surface area contributed by atoms with E-state index in [9.17, 15) is 0 Å². The molecule has 0 aromatic heterocycles. The van der Waals surface area contributed by atoms with Crippen LogP contribution in [0.1, 0.15) is 31.9 Å². The van der Waals surface area contributed by atoms with Crippen molar-refractivity contribution >= 4 is 28.3 Å². The first-order valence-electron chi connectivity index (χ1n) is 5.36. The highest BCUT2D eigenvalue weighted by molar-refractivity contribution is 9.10. The number of benzene rings is 1. The molecule has 0 unspecified atom stereocenters. The first-order valence-corrected chi connectivity index (χ1v) is 6.16. The van der Waals surface area contributed by atoms with E-state index in [4.69, 9.17) is 10.5 Å². The Kier molecular flexibility index (Phi) is 7.51. The van der Waals surface area contributed by atoms with Crippen molar-refractivity contribution in [3.8, 4) is 5.75 Å². The number of hydrogen-bond acceptors (Lipinski definition) is 2. The van der Waals surface area contributed by atoms with Gasteiger partial charge in [-0.1, -0.05) is 21.5 Å². The van der Waals surface area contributed by atoms with Gasteiger partial charge < -0.3 is 10.5 Å². The topological polar surface area (TPSA) is 35.2 Å². The molecule has 0 aliphatic heterocycles. The summed E-state index contributed by atoms with van der Waals surface area (Å²) in [5.74, 6) is 0.861. The molecule has 0 fully saturated rings. The summed E-state index contributed by atoms with van der Waals surface area (Å²) >= 11 is 3.45. The van der Waals surface area contributed by atoms with E-state index in [0.29, 0.717) is 6.61 Å². The maximum atomic E-state index is 6.13. The molecule has 1 atom stereocenters. The van der Waals surface area contributed by atoms with Crippen molar-refractivity contribution in [2.75, 3.05) is 6.61 Å². The average molecular weight is 321 g/mol. The molecule has 96 valence electrons. The van der Waals surface area contributed by atoms with E-state index < -0.39 is 0 Å². The zero-order valence-electron chi connectivity index (χ0n) is 10.2. The Balaban J connectivity index is 0.00000256. The van der Waals surface area contributed by atoms with Gasteiger partial charge in [-0.3, -0.25) is 0 Å². The van der Waals surface area contributed by atoms with Gasteiger partial charge in [-0.25, -0.2) is 0 Å². The summed E-state index contributed by atoms with van der Waals surface area (Å²) in [6.07, 6.45) is 0.774. The quantitative estimate of drug-likeness (QED) is 0.824. The summed E-state index contributed by atoms with van der Waals surface area (Å²) < 4.78 is 6.58. The molecule has 1 aromatic carbocycles. The molecule has 0 aliphatic carbocycles. The van der Waals surface area contributed by atoms with E-state index >= 15 is 0 Å². The summed E-state index contributed by atoms with van der Waals surface area (Å²) in [4.78, 5) is 0. The van der Waals surface area contributed by atoms with Crippen molar-refractivity contribution in [2.45, 2.75) is 26.3 Å². The normalized spacial score (nSPS) is 11.5. The highest BCUT2D eigenvalue weighted by atomic mass is 79.9. The zero-order chi connectivity index (χ0) is 12.1. The summed E-state index contributed by atoms with van der Waals surface area (Å²) in [5.41, 5.74) is 8.24. The smallest absolute Gasteiger partial charge is 0.124 e. The predicted molar refractivity (Wildman–Crippen MR) is 78.9 cm³/mol. The molecule has 4 heteroatoms. The second-order valence-electron chi connectivity index (χ2n) is 3.88. The molecule has 17 heavy (non-hydrogen) atoms. The lowest BCUT2D eigenvalue weighted by atomic mass is 10.0. The first-order chi connectivity index (χ1) is 7.54. The van der Waals surface area contributed by atoms with Crippen molar-refractivity contribution in [1.29, 1.82) is 0 Å². The number of nitrogens with two attached hydrogens (primary N) is 1. The summed E-state index contributed by atoms with van der Waals surface area (Å²) in [6.45, 7) is 8.49. The molecule has 1 aromatic rings. The minimum Gasteiger partial charge on any atom is -0.494 e. The van der Waals surface area contributed by atoms with Crippen LogP contribution in [-0.4, -0.2) is 6.61 Å². The fraction of sp³-hybridized carbons (Fsp3) is 0.385. The number of rotatable bonds is 5. The SMILES string of the molecule is C=C(C)C[C@@H](N)c1cc(Br)ccc1OCC.Cl. The lowest BCUT2D eigenvalue weighted by molar-refractivity contribution is 0.334. The summed E-state index contributed by atoms with van der Waals surface area (Å²) in [7, 11) is 0. The fourth-order valence-corrected chi connectivity index (χ4v) is 1.96. The number of ether oxygens (including phenoxy) is 1. The van der Waals surface area contributed by atoms with Crippen molar-refractivity contribution in [2.24, 2.45) is 5.73 Å². The Labute approximate surface area is 118 Å². The molecule has 0 radical (unpaired) electrons. The third-order valence-corrected chi connectivity index (χ3v) is 2.73. The molecule has 2 N–H and O–H groups in total. The van der Waals surface area contributed by atoms with Gasteiger partial charge in [0.25, 0.3) is 0 Å². The van der Waals surface area contributed by atoms with Gasteiger partial charge in [0.15, 0.2) is 0 Å². The van der Waals surface area contributed by atoms with Crippen LogP contribution in [0.4, 0.5) is 0 Å². The first kappa shape index (κ1) is 16.5. The van der Waals surface area contributed by atoms with Crippen LogP contribution in [0.3, 0.4) is 0 Å². The van der Waals surface area contributed by atoms with Crippen LogP contribution in [-0.2, 0) is 0 Å². The molecule has 0 spiro atoms. The Morgan fingerprint density at radius 3 is 2.71 bits per heavy atom. The Hall–Kier alpha value is -0.510.